The largest absolute Gasteiger partial charge is 0.497 e. The van der Waals surface area contributed by atoms with Crippen molar-refractivity contribution in [1.82, 2.24) is 4.90 Å². The van der Waals surface area contributed by atoms with E-state index >= 15 is 0 Å². The first-order valence-corrected chi connectivity index (χ1v) is 14.9. The molecule has 0 aliphatic carbocycles. The Labute approximate surface area is 251 Å². The number of esters is 1. The van der Waals surface area contributed by atoms with E-state index in [4.69, 9.17) is 25.8 Å². The topological polar surface area (TPSA) is 83.5 Å². The van der Waals surface area contributed by atoms with Gasteiger partial charge in [0.1, 0.15) is 11.5 Å². The highest BCUT2D eigenvalue weighted by atomic mass is 35.5. The van der Waals surface area contributed by atoms with Gasteiger partial charge in [-0.1, -0.05) is 35.9 Å². The summed E-state index contributed by atoms with van der Waals surface area (Å²) >= 11 is 7.73. The Morgan fingerprint density at radius 2 is 1.73 bits per heavy atom. The van der Waals surface area contributed by atoms with Crippen LogP contribution in [0.15, 0.2) is 71.6 Å². The number of piperazine rings is 1. The molecule has 3 aromatic rings. The number of nitrogens with zero attached hydrogens (tertiary/aromatic N) is 2. The summed E-state index contributed by atoms with van der Waals surface area (Å²) in [7, 11) is 4.58. The third-order valence-corrected chi connectivity index (χ3v) is 8.75. The van der Waals surface area contributed by atoms with Crippen LogP contribution >= 0.6 is 23.4 Å². The maximum atomic E-state index is 12.3. The highest BCUT2D eigenvalue weighted by molar-refractivity contribution is 7.99. The molecule has 2 N–H and O–H groups in total. The van der Waals surface area contributed by atoms with Crippen LogP contribution in [-0.2, 0) is 9.53 Å². The fourth-order valence-electron chi connectivity index (χ4n) is 4.86. The van der Waals surface area contributed by atoms with Crippen LogP contribution in [0.1, 0.15) is 17.2 Å². The van der Waals surface area contributed by atoms with Crippen LogP contribution in [0.25, 0.3) is 0 Å². The number of methoxy groups -OCH3 is 3. The quantitative estimate of drug-likeness (QED) is 0.153. The second-order valence-corrected chi connectivity index (χ2v) is 11.3. The number of nitrogens with one attached hydrogen (secondary N) is 1. The zero-order chi connectivity index (χ0) is 29.2. The lowest BCUT2D eigenvalue weighted by Crippen LogP contribution is -2.46. The Kier molecular flexibility index (Phi) is 11.4. The first-order chi connectivity index (χ1) is 19.9. The van der Waals surface area contributed by atoms with Crippen LogP contribution < -0.4 is 19.7 Å². The van der Waals surface area contributed by atoms with Crippen molar-refractivity contribution >= 4 is 40.7 Å². The van der Waals surface area contributed by atoms with Crippen molar-refractivity contribution in [2.45, 2.75) is 22.7 Å². The first-order valence-electron chi connectivity index (χ1n) is 13.6. The molecular formula is C31H38ClN3O5S. The van der Waals surface area contributed by atoms with E-state index in [-0.39, 0.29) is 0 Å². The Morgan fingerprint density at radius 1 is 1.00 bits per heavy atom. The lowest BCUT2D eigenvalue weighted by Gasteiger charge is -2.36. The summed E-state index contributed by atoms with van der Waals surface area (Å²) in [5, 5.41) is 14.4. The van der Waals surface area contributed by atoms with Crippen molar-refractivity contribution in [3.63, 3.8) is 0 Å². The number of para-hydroxylation sites is 2. The molecule has 0 spiro atoms. The van der Waals surface area contributed by atoms with Crippen LogP contribution in [0, 0.1) is 0 Å². The minimum atomic E-state index is -1.36. The lowest BCUT2D eigenvalue weighted by molar-refractivity contribution is -0.150. The summed E-state index contributed by atoms with van der Waals surface area (Å²) in [6.45, 7) is 5.67. The molecule has 1 fully saturated rings. The fourth-order valence-corrected chi connectivity index (χ4v) is 6.36. The lowest BCUT2D eigenvalue weighted by atomic mass is 10.1. The number of carbonyl (C=O) groups excluding carboxylic acids is 1. The maximum Gasteiger partial charge on any atom is 0.336 e. The van der Waals surface area contributed by atoms with Gasteiger partial charge >= 0.3 is 5.97 Å². The fraction of sp³-hybridized carbons (Fsp3) is 0.387. The molecule has 10 heteroatoms. The van der Waals surface area contributed by atoms with Gasteiger partial charge in [-0.05, 0) is 61.0 Å². The molecular weight excluding hydrogens is 562 g/mol. The molecule has 220 valence electrons. The summed E-state index contributed by atoms with van der Waals surface area (Å²) in [6.07, 6.45) is -0.395. The second kappa shape index (κ2) is 15.2. The van der Waals surface area contributed by atoms with Crippen LogP contribution in [0.2, 0.25) is 5.02 Å². The van der Waals surface area contributed by atoms with Crippen molar-refractivity contribution in [2.75, 3.05) is 70.8 Å². The molecule has 0 amide bonds. The predicted octanol–water partition coefficient (Wildman–Crippen LogP) is 5.35. The summed E-state index contributed by atoms with van der Waals surface area (Å²) in [5.41, 5.74) is 2.82. The minimum absolute atomic E-state index is 0.576. The van der Waals surface area contributed by atoms with Gasteiger partial charge in [0, 0.05) is 48.3 Å². The Hall–Kier alpha value is -3.11. The van der Waals surface area contributed by atoms with Crippen LogP contribution in [0.5, 0.6) is 11.5 Å². The molecule has 41 heavy (non-hydrogen) atoms. The van der Waals surface area contributed by atoms with E-state index in [0.717, 1.165) is 73.3 Å². The van der Waals surface area contributed by atoms with Gasteiger partial charge in [0.25, 0.3) is 0 Å². The van der Waals surface area contributed by atoms with Crippen molar-refractivity contribution < 1.29 is 24.1 Å². The van der Waals surface area contributed by atoms with Crippen molar-refractivity contribution in [3.8, 4) is 11.5 Å². The van der Waals surface area contributed by atoms with Gasteiger partial charge in [0.2, 0.25) is 0 Å². The molecule has 2 unspecified atom stereocenters. The van der Waals surface area contributed by atoms with E-state index < -0.39 is 17.3 Å². The third kappa shape index (κ3) is 8.23. The number of aliphatic hydroxyl groups is 1. The molecule has 0 bridgehead atoms. The minimum Gasteiger partial charge on any atom is -0.497 e. The SMILES string of the molecule is COC(=O)C(O)C(Sc1cc(Cl)ccc1NCCCN1CCN(c2ccccc2OC)CC1)c1ccc(OC)cc1. The van der Waals surface area contributed by atoms with E-state index in [1.807, 2.05) is 42.5 Å². The summed E-state index contributed by atoms with van der Waals surface area (Å²) in [6, 6.07) is 21.1. The number of ether oxygens (including phenoxy) is 3. The number of thioether (sulfide) groups is 1. The number of halogens is 1. The molecule has 1 aliphatic rings. The average molecular weight is 600 g/mol. The van der Waals surface area contributed by atoms with Crippen molar-refractivity contribution in [3.05, 3.63) is 77.3 Å². The molecule has 3 aromatic carbocycles. The van der Waals surface area contributed by atoms with Gasteiger partial charge in [0.05, 0.1) is 32.3 Å². The molecule has 1 saturated heterocycles. The molecule has 1 aliphatic heterocycles. The van der Waals surface area contributed by atoms with E-state index in [2.05, 4.69) is 27.2 Å². The van der Waals surface area contributed by atoms with Crippen molar-refractivity contribution in [1.29, 1.82) is 0 Å². The summed E-state index contributed by atoms with van der Waals surface area (Å²) < 4.78 is 15.7. The van der Waals surface area contributed by atoms with Gasteiger partial charge in [0.15, 0.2) is 6.10 Å². The van der Waals surface area contributed by atoms with Gasteiger partial charge in [-0.2, -0.15) is 0 Å². The molecule has 2 atom stereocenters. The first kappa shape index (κ1) is 30.8. The van der Waals surface area contributed by atoms with Gasteiger partial charge in [-0.3, -0.25) is 4.90 Å². The van der Waals surface area contributed by atoms with E-state index in [9.17, 15) is 9.90 Å². The monoisotopic (exact) mass is 599 g/mol. The molecule has 8 nitrogen and oxygen atoms in total. The predicted molar refractivity (Wildman–Crippen MR) is 166 cm³/mol. The zero-order valence-corrected chi connectivity index (χ0v) is 25.3. The molecule has 4 rings (SSSR count). The van der Waals surface area contributed by atoms with E-state index in [1.54, 1.807) is 26.4 Å². The van der Waals surface area contributed by atoms with Crippen molar-refractivity contribution in [2.24, 2.45) is 0 Å². The number of hydrogen-bond donors (Lipinski definition) is 2. The normalized spacial score (nSPS) is 15.2. The van der Waals surface area contributed by atoms with Crippen LogP contribution in [0.4, 0.5) is 11.4 Å². The Morgan fingerprint density at radius 3 is 2.41 bits per heavy atom. The summed E-state index contributed by atoms with van der Waals surface area (Å²) in [4.78, 5) is 18.0. The molecule has 1 heterocycles. The standard InChI is InChI=1S/C31H38ClN3O5S/c1-38-24-12-9-22(10-13-24)30(29(36)31(37)40-3)41-28-21-23(32)11-14-25(28)33-15-6-16-34-17-19-35(20-18-34)26-7-4-5-8-27(26)39-2/h4-5,7-14,21,29-30,33,36H,6,15-20H2,1-3H3. The number of benzene rings is 3. The Bertz CT molecular complexity index is 1270. The van der Waals surface area contributed by atoms with E-state index in [0.29, 0.717) is 10.8 Å². The van der Waals surface area contributed by atoms with Crippen LogP contribution in [0.3, 0.4) is 0 Å². The number of anilines is 2. The van der Waals surface area contributed by atoms with Gasteiger partial charge in [-0.25, -0.2) is 4.79 Å². The highest BCUT2D eigenvalue weighted by Crippen LogP contribution is 2.43. The summed E-state index contributed by atoms with van der Waals surface area (Å²) in [5.74, 6) is 0.909. The third-order valence-electron chi connectivity index (χ3n) is 7.14. The number of carbonyl (C=O) groups is 1. The van der Waals surface area contributed by atoms with E-state index in [1.165, 1.54) is 18.9 Å². The maximum absolute atomic E-state index is 12.3. The Balaban J connectivity index is 1.35. The highest BCUT2D eigenvalue weighted by Gasteiger charge is 2.30. The van der Waals surface area contributed by atoms with Gasteiger partial charge < -0.3 is 29.5 Å². The number of rotatable bonds is 13. The molecule has 0 aromatic heterocycles. The average Bonchev–Trinajstić information content (AvgIpc) is 3.02. The number of aliphatic hydroxyl groups excluding tert-OH is 1. The van der Waals surface area contributed by atoms with Crippen LogP contribution in [-0.4, -0.2) is 82.7 Å². The number of hydrogen-bond acceptors (Lipinski definition) is 9. The van der Waals surface area contributed by atoms with Gasteiger partial charge in [-0.15, -0.1) is 11.8 Å². The molecule has 0 radical (unpaired) electrons. The zero-order valence-electron chi connectivity index (χ0n) is 23.7. The smallest absolute Gasteiger partial charge is 0.336 e. The molecule has 0 saturated carbocycles. The second-order valence-electron chi connectivity index (χ2n) is 9.70.